The van der Waals surface area contributed by atoms with Crippen molar-refractivity contribution < 1.29 is 0 Å². The molecule has 0 saturated heterocycles. The second-order valence-electron chi connectivity index (χ2n) is 16.8. The van der Waals surface area contributed by atoms with Gasteiger partial charge in [-0.1, -0.05) is 237 Å². The molecule has 0 amide bonds. The van der Waals surface area contributed by atoms with Gasteiger partial charge in [-0.25, -0.2) is 9.97 Å². The third kappa shape index (κ3) is 6.50. The van der Waals surface area contributed by atoms with Crippen LogP contribution in [0.4, 0.5) is 0 Å². The first-order chi connectivity index (χ1) is 32.2. The SMILES string of the molecule is c1ccc(-c2cccc(-c3cc(-c4ccc(-c5cccc(-c6cccc7c6-c6ccccc6C7(c6ccccc6)c6ccccc6)c5)c5ccccc45)nc(-c4ccccc4)n3)c2)cc1. The van der Waals surface area contributed by atoms with E-state index in [-0.39, 0.29) is 0 Å². The van der Waals surface area contributed by atoms with Crippen LogP contribution in [-0.2, 0) is 5.41 Å². The topological polar surface area (TPSA) is 25.8 Å². The number of fused-ring (bicyclic) bond motifs is 4. The zero-order chi connectivity index (χ0) is 43.2. The fraction of sp³-hybridized carbons (Fsp3) is 0.0159. The molecule has 11 aromatic rings. The largest absolute Gasteiger partial charge is 0.228 e. The summed E-state index contributed by atoms with van der Waals surface area (Å²) in [6.07, 6.45) is 0. The van der Waals surface area contributed by atoms with Crippen molar-refractivity contribution in [2.45, 2.75) is 5.41 Å². The molecule has 1 aliphatic rings. The molecule has 0 aliphatic heterocycles. The van der Waals surface area contributed by atoms with Gasteiger partial charge in [-0.05, 0) is 95.7 Å². The Morgan fingerprint density at radius 2 is 0.723 bits per heavy atom. The van der Waals surface area contributed by atoms with Gasteiger partial charge in [0, 0.05) is 16.7 Å². The molecule has 304 valence electrons. The molecular weight excluding hydrogens is 785 g/mol. The first-order valence-corrected chi connectivity index (χ1v) is 22.3. The second-order valence-corrected chi connectivity index (χ2v) is 16.8. The highest BCUT2D eigenvalue weighted by Crippen LogP contribution is 2.58. The molecule has 0 bridgehead atoms. The van der Waals surface area contributed by atoms with Gasteiger partial charge in [0.1, 0.15) is 0 Å². The van der Waals surface area contributed by atoms with Crippen LogP contribution in [0.2, 0.25) is 0 Å². The first kappa shape index (κ1) is 38.2. The molecule has 1 heterocycles. The number of hydrogen-bond donors (Lipinski definition) is 0. The lowest BCUT2D eigenvalue weighted by molar-refractivity contribution is 0.768. The van der Waals surface area contributed by atoms with Crippen molar-refractivity contribution in [3.63, 3.8) is 0 Å². The summed E-state index contributed by atoms with van der Waals surface area (Å²) < 4.78 is 0. The maximum atomic E-state index is 5.28. The van der Waals surface area contributed by atoms with Crippen molar-refractivity contribution >= 4 is 10.8 Å². The average molecular weight is 827 g/mol. The number of nitrogens with zero attached hydrogens (tertiary/aromatic N) is 2. The van der Waals surface area contributed by atoms with E-state index in [1.165, 1.54) is 61.0 Å². The standard InChI is InChI=1S/C63H42N2/c1-5-20-43(21-6-1)45-24-17-27-48(40-45)59-42-60(65-62(64-59)44-22-7-2-8-23-44)55-39-38-51(53-32-13-14-33-54(53)55)46-25-18-26-47(41-46)52-35-19-37-58-61(52)56-34-15-16-36-57(56)63(58,49-28-9-3-10-29-49)50-30-11-4-12-31-50/h1-42H. The third-order valence-corrected chi connectivity index (χ3v) is 13.2. The molecule has 0 spiro atoms. The Balaban J connectivity index is 1.00. The highest BCUT2D eigenvalue weighted by atomic mass is 14.9. The van der Waals surface area contributed by atoms with E-state index in [0.29, 0.717) is 5.82 Å². The van der Waals surface area contributed by atoms with E-state index in [1.807, 2.05) is 18.2 Å². The predicted octanol–water partition coefficient (Wildman–Crippen LogP) is 16.0. The van der Waals surface area contributed by atoms with Crippen molar-refractivity contribution in [2.75, 3.05) is 0 Å². The maximum absolute atomic E-state index is 5.28. The van der Waals surface area contributed by atoms with Gasteiger partial charge in [-0.3, -0.25) is 0 Å². The highest BCUT2D eigenvalue weighted by Gasteiger charge is 2.46. The fourth-order valence-corrected chi connectivity index (χ4v) is 10.3. The third-order valence-electron chi connectivity index (χ3n) is 13.2. The van der Waals surface area contributed by atoms with E-state index in [9.17, 15) is 0 Å². The molecule has 1 aromatic heterocycles. The van der Waals surface area contributed by atoms with Crippen molar-refractivity contribution in [3.8, 4) is 78.4 Å². The zero-order valence-corrected chi connectivity index (χ0v) is 35.6. The van der Waals surface area contributed by atoms with Gasteiger partial charge in [-0.15, -0.1) is 0 Å². The molecule has 2 heteroatoms. The number of hydrogen-bond acceptors (Lipinski definition) is 2. The van der Waals surface area contributed by atoms with Gasteiger partial charge in [0.25, 0.3) is 0 Å². The van der Waals surface area contributed by atoms with Gasteiger partial charge in [0.2, 0.25) is 0 Å². The van der Waals surface area contributed by atoms with Crippen molar-refractivity contribution in [2.24, 2.45) is 0 Å². The number of rotatable bonds is 8. The summed E-state index contributed by atoms with van der Waals surface area (Å²) >= 11 is 0. The van der Waals surface area contributed by atoms with Crippen molar-refractivity contribution in [1.82, 2.24) is 9.97 Å². The fourth-order valence-electron chi connectivity index (χ4n) is 10.3. The highest BCUT2D eigenvalue weighted by molar-refractivity contribution is 6.05. The number of benzene rings is 10. The van der Waals surface area contributed by atoms with Gasteiger partial charge >= 0.3 is 0 Å². The minimum absolute atomic E-state index is 0.458. The quantitative estimate of drug-likeness (QED) is 0.152. The van der Waals surface area contributed by atoms with Crippen LogP contribution >= 0.6 is 0 Å². The Morgan fingerprint density at radius 3 is 1.43 bits per heavy atom. The minimum Gasteiger partial charge on any atom is -0.228 e. The number of aromatic nitrogens is 2. The van der Waals surface area contributed by atoms with Gasteiger partial charge in [-0.2, -0.15) is 0 Å². The molecule has 0 saturated carbocycles. The lowest BCUT2D eigenvalue weighted by atomic mass is 9.67. The average Bonchev–Trinajstić information content (AvgIpc) is 3.70. The van der Waals surface area contributed by atoms with Crippen LogP contribution in [-0.4, -0.2) is 9.97 Å². The summed E-state index contributed by atoms with van der Waals surface area (Å²) in [5.74, 6) is 0.699. The molecule has 0 fully saturated rings. The molecular formula is C63H42N2. The van der Waals surface area contributed by atoms with Crippen molar-refractivity contribution in [3.05, 3.63) is 277 Å². The lowest BCUT2D eigenvalue weighted by Gasteiger charge is -2.34. The summed E-state index contributed by atoms with van der Waals surface area (Å²) in [5, 5.41) is 2.31. The van der Waals surface area contributed by atoms with E-state index in [0.717, 1.165) is 44.6 Å². The summed E-state index contributed by atoms with van der Waals surface area (Å²) in [6.45, 7) is 0. The van der Waals surface area contributed by atoms with Crippen LogP contribution in [0.1, 0.15) is 22.3 Å². The monoisotopic (exact) mass is 826 g/mol. The predicted molar refractivity (Wildman–Crippen MR) is 269 cm³/mol. The normalized spacial score (nSPS) is 12.4. The molecule has 10 aromatic carbocycles. The van der Waals surface area contributed by atoms with Crippen LogP contribution in [0.15, 0.2) is 255 Å². The molecule has 65 heavy (non-hydrogen) atoms. The van der Waals surface area contributed by atoms with Gasteiger partial charge in [0.05, 0.1) is 16.8 Å². The van der Waals surface area contributed by atoms with Gasteiger partial charge in [0.15, 0.2) is 5.82 Å². The molecule has 12 rings (SSSR count). The first-order valence-electron chi connectivity index (χ1n) is 22.3. The molecule has 0 atom stereocenters. The lowest BCUT2D eigenvalue weighted by Crippen LogP contribution is -2.28. The summed E-state index contributed by atoms with van der Waals surface area (Å²) in [4.78, 5) is 10.5. The minimum atomic E-state index is -0.458. The van der Waals surface area contributed by atoms with Crippen LogP contribution in [0.3, 0.4) is 0 Å². The Labute approximate surface area is 379 Å². The van der Waals surface area contributed by atoms with Crippen LogP contribution in [0.25, 0.3) is 89.2 Å². The Kier molecular flexibility index (Phi) is 9.43. The zero-order valence-electron chi connectivity index (χ0n) is 35.6. The van der Waals surface area contributed by atoms with E-state index < -0.39 is 5.41 Å². The molecule has 1 aliphatic carbocycles. The molecule has 0 unspecified atom stereocenters. The maximum Gasteiger partial charge on any atom is 0.160 e. The van der Waals surface area contributed by atoms with E-state index >= 15 is 0 Å². The molecule has 2 nitrogen and oxygen atoms in total. The Morgan fingerprint density at radius 1 is 0.262 bits per heavy atom. The Hall–Kier alpha value is -8.46. The van der Waals surface area contributed by atoms with Gasteiger partial charge < -0.3 is 0 Å². The summed E-state index contributed by atoms with van der Waals surface area (Å²) in [6, 6.07) is 91.9. The van der Waals surface area contributed by atoms with Crippen molar-refractivity contribution in [1.29, 1.82) is 0 Å². The van der Waals surface area contributed by atoms with E-state index in [1.54, 1.807) is 0 Å². The van der Waals surface area contributed by atoms with Crippen LogP contribution in [0.5, 0.6) is 0 Å². The van der Waals surface area contributed by atoms with E-state index in [2.05, 4.69) is 237 Å². The Bertz CT molecular complexity index is 3480. The molecule has 0 N–H and O–H groups in total. The van der Waals surface area contributed by atoms with Crippen LogP contribution in [0, 0.1) is 0 Å². The second kappa shape index (κ2) is 16.0. The van der Waals surface area contributed by atoms with Crippen LogP contribution < -0.4 is 0 Å². The smallest absolute Gasteiger partial charge is 0.160 e. The summed E-state index contributed by atoms with van der Waals surface area (Å²) in [7, 11) is 0. The van der Waals surface area contributed by atoms with E-state index in [4.69, 9.17) is 9.97 Å². The molecule has 0 radical (unpaired) electrons. The summed E-state index contributed by atoms with van der Waals surface area (Å²) in [5.41, 5.74) is 19.2.